The first-order valence-electron chi connectivity index (χ1n) is 18.7. The summed E-state index contributed by atoms with van der Waals surface area (Å²) in [4.78, 5) is 70.2. The Kier molecular flexibility index (Phi) is 13.0. The predicted octanol–water partition coefficient (Wildman–Crippen LogP) is 4.30. The Balaban J connectivity index is 1.57. The Morgan fingerprint density at radius 1 is 1.00 bits per heavy atom. The SMILES string of the molecule is C=CCNC(=O)C(=O)C(CC1CC1)NC(=O)[C@@H]1CC(C)(C)C(C)CN1C(=O)[C@@H](NC(=O)NC1(CS(=O)(=O)c2ccccc2)CCCCC1)C(C)(C)C. The summed E-state index contributed by atoms with van der Waals surface area (Å²) in [5.74, 6) is -2.55. The average molecular weight is 742 g/mol. The highest BCUT2D eigenvalue weighted by Gasteiger charge is 2.48. The molecule has 3 aliphatic rings. The summed E-state index contributed by atoms with van der Waals surface area (Å²) in [6.07, 6.45) is 7.33. The van der Waals surface area contributed by atoms with Crippen molar-refractivity contribution in [1.29, 1.82) is 0 Å². The zero-order chi connectivity index (χ0) is 38.5. The van der Waals surface area contributed by atoms with Crippen LogP contribution in [-0.4, -0.2) is 85.4 Å². The minimum absolute atomic E-state index is 0.00257. The molecule has 1 aliphatic heterocycles. The first kappa shape index (κ1) is 41.0. The molecular weight excluding hydrogens is 683 g/mol. The van der Waals surface area contributed by atoms with Crippen LogP contribution in [0.1, 0.15) is 99.3 Å². The lowest BCUT2D eigenvalue weighted by Crippen LogP contribution is -2.66. The number of nitrogens with one attached hydrogen (secondary N) is 4. The Bertz CT molecular complexity index is 1590. The van der Waals surface area contributed by atoms with E-state index < -0.39 is 68.5 Å². The summed E-state index contributed by atoms with van der Waals surface area (Å²) in [6, 6.07) is 4.47. The molecule has 12 nitrogen and oxygen atoms in total. The van der Waals surface area contributed by atoms with Gasteiger partial charge in [0, 0.05) is 13.1 Å². The molecule has 1 heterocycles. The Hall–Kier alpha value is -3.74. The smallest absolute Gasteiger partial charge is 0.315 e. The van der Waals surface area contributed by atoms with E-state index >= 15 is 0 Å². The molecule has 0 spiro atoms. The lowest BCUT2D eigenvalue weighted by molar-refractivity contribution is -0.151. The standard InChI is InChI=1S/C39H59N5O7S/c1-8-21-40-34(47)31(45)29(22-27-17-18-27)41-33(46)30-23-38(6,7)26(2)24-44(30)35(48)32(37(3,4)5)42-36(49)43-39(19-13-10-14-20-39)25-52(50,51)28-15-11-9-12-16-28/h8-9,11-12,15-16,26-27,29-30,32H,1,10,13-14,17-25H2,2-7H3,(H,40,47)(H,41,46)(H2,42,43,49)/t26?,29?,30-,32+/m0/s1. The maximum Gasteiger partial charge on any atom is 0.315 e. The quantitative estimate of drug-likeness (QED) is 0.163. The number of ketones is 1. The van der Waals surface area contributed by atoms with Gasteiger partial charge in [-0.25, -0.2) is 13.2 Å². The molecule has 4 atom stereocenters. The van der Waals surface area contributed by atoms with Gasteiger partial charge in [-0.1, -0.05) is 97.9 Å². The second-order valence-electron chi connectivity index (χ2n) is 17.0. The molecule has 0 bridgehead atoms. The number of carbonyl (C=O) groups is 5. The number of piperidine rings is 1. The maximum absolute atomic E-state index is 14.6. The second kappa shape index (κ2) is 16.5. The van der Waals surface area contributed by atoms with Crippen molar-refractivity contribution >= 4 is 39.4 Å². The number of benzene rings is 1. The third kappa shape index (κ3) is 10.4. The lowest BCUT2D eigenvalue weighted by atomic mass is 9.71. The summed E-state index contributed by atoms with van der Waals surface area (Å²) in [5, 5.41) is 11.2. The molecule has 5 amide bonds. The van der Waals surface area contributed by atoms with Crippen LogP contribution in [0.5, 0.6) is 0 Å². The minimum atomic E-state index is -3.73. The van der Waals surface area contributed by atoms with Gasteiger partial charge in [0.2, 0.25) is 17.6 Å². The van der Waals surface area contributed by atoms with Gasteiger partial charge < -0.3 is 26.2 Å². The molecule has 13 heteroatoms. The fraction of sp³-hybridized carbons (Fsp3) is 0.667. The molecule has 0 radical (unpaired) electrons. The van der Waals surface area contributed by atoms with E-state index in [2.05, 4.69) is 27.8 Å². The van der Waals surface area contributed by atoms with Gasteiger partial charge in [-0.2, -0.15) is 0 Å². The molecule has 52 heavy (non-hydrogen) atoms. The van der Waals surface area contributed by atoms with Crippen molar-refractivity contribution in [3.8, 4) is 0 Å². The minimum Gasteiger partial charge on any atom is -0.346 e. The van der Waals surface area contributed by atoms with Crippen molar-refractivity contribution in [2.45, 2.75) is 128 Å². The molecule has 4 rings (SSSR count). The second-order valence-corrected chi connectivity index (χ2v) is 19.0. The molecule has 1 aromatic carbocycles. The summed E-state index contributed by atoms with van der Waals surface area (Å²) in [7, 11) is -3.73. The molecule has 3 fully saturated rings. The fourth-order valence-electron chi connectivity index (χ4n) is 7.38. The van der Waals surface area contributed by atoms with E-state index in [9.17, 15) is 32.4 Å². The number of nitrogens with zero attached hydrogens (tertiary/aromatic N) is 1. The van der Waals surface area contributed by atoms with E-state index in [1.807, 2.05) is 41.5 Å². The summed E-state index contributed by atoms with van der Waals surface area (Å²) >= 11 is 0. The van der Waals surface area contributed by atoms with E-state index in [-0.39, 0.29) is 41.0 Å². The monoisotopic (exact) mass is 741 g/mol. The van der Waals surface area contributed by atoms with Crippen molar-refractivity contribution in [2.24, 2.45) is 22.7 Å². The number of urea groups is 1. The van der Waals surface area contributed by atoms with Gasteiger partial charge in [-0.05, 0) is 60.5 Å². The molecule has 0 aromatic heterocycles. The molecule has 2 saturated carbocycles. The van der Waals surface area contributed by atoms with E-state index in [0.29, 0.717) is 25.7 Å². The van der Waals surface area contributed by atoms with Crippen LogP contribution in [0.25, 0.3) is 0 Å². The van der Waals surface area contributed by atoms with Crippen LogP contribution in [0.2, 0.25) is 0 Å². The largest absolute Gasteiger partial charge is 0.346 e. The van der Waals surface area contributed by atoms with Gasteiger partial charge in [0.15, 0.2) is 9.84 Å². The van der Waals surface area contributed by atoms with Gasteiger partial charge in [0.05, 0.1) is 22.2 Å². The number of carbonyl (C=O) groups excluding carboxylic acids is 5. The summed E-state index contributed by atoms with van der Waals surface area (Å²) in [5.41, 5.74) is -2.15. The number of Topliss-reactive ketones (excluding diaryl/α,β-unsaturated/α-hetero) is 1. The first-order chi connectivity index (χ1) is 24.3. The zero-order valence-corrected chi connectivity index (χ0v) is 32.6. The third-order valence-corrected chi connectivity index (χ3v) is 13.1. The molecule has 1 saturated heterocycles. The van der Waals surface area contributed by atoms with Crippen LogP contribution >= 0.6 is 0 Å². The number of sulfone groups is 1. The Morgan fingerprint density at radius 3 is 2.21 bits per heavy atom. The van der Waals surface area contributed by atoms with Gasteiger partial charge in [-0.3, -0.25) is 19.2 Å². The van der Waals surface area contributed by atoms with E-state index in [0.717, 1.165) is 32.1 Å². The van der Waals surface area contributed by atoms with Crippen molar-refractivity contribution in [1.82, 2.24) is 26.2 Å². The van der Waals surface area contributed by atoms with Gasteiger partial charge in [0.25, 0.3) is 5.91 Å². The molecule has 288 valence electrons. The number of hydrogen-bond acceptors (Lipinski definition) is 7. The van der Waals surface area contributed by atoms with Crippen molar-refractivity contribution in [2.75, 3.05) is 18.8 Å². The first-order valence-corrected chi connectivity index (χ1v) is 20.3. The lowest BCUT2D eigenvalue weighted by Gasteiger charge is -2.49. The molecule has 4 N–H and O–H groups in total. The van der Waals surface area contributed by atoms with Crippen LogP contribution in [-0.2, 0) is 29.0 Å². The topological polar surface area (TPSA) is 171 Å². The summed E-state index contributed by atoms with van der Waals surface area (Å²) in [6.45, 7) is 15.5. The Morgan fingerprint density at radius 2 is 1.63 bits per heavy atom. The van der Waals surface area contributed by atoms with Crippen LogP contribution < -0.4 is 21.3 Å². The fourth-order valence-corrected chi connectivity index (χ4v) is 9.21. The molecule has 2 unspecified atom stereocenters. The number of hydrogen-bond donors (Lipinski definition) is 4. The molecule has 1 aromatic rings. The zero-order valence-electron chi connectivity index (χ0n) is 31.8. The van der Waals surface area contributed by atoms with E-state index in [1.165, 1.54) is 11.0 Å². The Labute approximate surface area is 309 Å². The maximum atomic E-state index is 14.6. The van der Waals surface area contributed by atoms with Crippen LogP contribution in [0.3, 0.4) is 0 Å². The predicted molar refractivity (Wildman–Crippen MR) is 200 cm³/mol. The van der Waals surface area contributed by atoms with Gasteiger partial charge in [0.1, 0.15) is 12.1 Å². The molecule has 2 aliphatic carbocycles. The molecular formula is C39H59N5O7S. The van der Waals surface area contributed by atoms with Crippen LogP contribution in [0.4, 0.5) is 4.79 Å². The average Bonchev–Trinajstić information content (AvgIpc) is 3.90. The van der Waals surface area contributed by atoms with Crippen LogP contribution in [0.15, 0.2) is 47.9 Å². The summed E-state index contributed by atoms with van der Waals surface area (Å²) < 4.78 is 27.0. The van der Waals surface area contributed by atoms with Gasteiger partial charge >= 0.3 is 6.03 Å². The van der Waals surface area contributed by atoms with E-state index in [4.69, 9.17) is 0 Å². The highest BCUT2D eigenvalue weighted by Crippen LogP contribution is 2.40. The third-order valence-electron chi connectivity index (χ3n) is 11.2. The number of amides is 5. The van der Waals surface area contributed by atoms with Crippen LogP contribution in [0, 0.1) is 22.7 Å². The van der Waals surface area contributed by atoms with Crippen molar-refractivity contribution in [3.05, 3.63) is 43.0 Å². The highest BCUT2D eigenvalue weighted by molar-refractivity contribution is 7.91. The van der Waals surface area contributed by atoms with Crippen molar-refractivity contribution in [3.63, 3.8) is 0 Å². The van der Waals surface area contributed by atoms with Crippen molar-refractivity contribution < 1.29 is 32.4 Å². The van der Waals surface area contributed by atoms with E-state index in [1.54, 1.807) is 30.3 Å². The highest BCUT2D eigenvalue weighted by atomic mass is 32.2. The number of likely N-dealkylation sites (tertiary alicyclic amines) is 1. The van der Waals surface area contributed by atoms with Gasteiger partial charge in [-0.15, -0.1) is 6.58 Å². The number of rotatable bonds is 14. The normalized spacial score (nSPS) is 22.6.